The van der Waals surface area contributed by atoms with Crippen LogP contribution in [0.25, 0.3) is 32.0 Å². The lowest BCUT2D eigenvalue weighted by atomic mass is 10.2. The van der Waals surface area contributed by atoms with E-state index in [2.05, 4.69) is 45.8 Å². The van der Waals surface area contributed by atoms with E-state index in [0.29, 0.717) is 0 Å². The first-order valence-corrected chi connectivity index (χ1v) is 9.19. The van der Waals surface area contributed by atoms with E-state index < -0.39 is 0 Å². The molecule has 23 heavy (non-hydrogen) atoms. The topological polar surface area (TPSA) is 55.6 Å². The number of aryl methyl sites for hydroxylation is 1. The Kier molecular flexibility index (Phi) is 3.46. The predicted molar refractivity (Wildman–Crippen MR) is 98.5 cm³/mol. The number of imidazole rings is 1. The van der Waals surface area contributed by atoms with E-state index in [1.54, 1.807) is 29.4 Å². The van der Waals surface area contributed by atoms with Crippen LogP contribution in [0.1, 0.15) is 0 Å². The number of hydrogen-bond donors (Lipinski definition) is 1. The van der Waals surface area contributed by atoms with Crippen LogP contribution < -0.4 is 5.32 Å². The molecule has 1 N–H and O–H groups in total. The lowest BCUT2D eigenvalue weighted by Crippen LogP contribution is -1.95. The Labute approximate surface area is 141 Å². The van der Waals surface area contributed by atoms with E-state index >= 15 is 0 Å². The molecule has 0 spiro atoms. The van der Waals surface area contributed by atoms with Crippen LogP contribution in [-0.4, -0.2) is 32.8 Å². The van der Waals surface area contributed by atoms with Crippen molar-refractivity contribution >= 4 is 50.3 Å². The van der Waals surface area contributed by atoms with Gasteiger partial charge in [0.15, 0.2) is 5.82 Å². The van der Waals surface area contributed by atoms with Gasteiger partial charge in [0.05, 0.1) is 6.33 Å². The smallest absolute Gasteiger partial charge is 0.155 e. The Bertz CT molecular complexity index is 1000. The van der Waals surface area contributed by atoms with Crippen molar-refractivity contribution in [1.29, 1.82) is 0 Å². The molecule has 116 valence electrons. The van der Waals surface area contributed by atoms with Crippen molar-refractivity contribution in [2.75, 3.05) is 18.6 Å². The van der Waals surface area contributed by atoms with Gasteiger partial charge in [-0.25, -0.2) is 15.0 Å². The van der Waals surface area contributed by atoms with Gasteiger partial charge in [0.2, 0.25) is 0 Å². The van der Waals surface area contributed by atoms with E-state index in [0.717, 1.165) is 37.8 Å². The summed E-state index contributed by atoms with van der Waals surface area (Å²) in [6, 6.07) is 8.47. The van der Waals surface area contributed by atoms with Gasteiger partial charge in [-0.3, -0.25) is 0 Å². The van der Waals surface area contributed by atoms with E-state index in [1.165, 1.54) is 4.90 Å². The number of anilines is 1. The molecule has 4 aromatic rings. The lowest BCUT2D eigenvalue weighted by molar-refractivity contribution is 0.949. The van der Waals surface area contributed by atoms with Crippen LogP contribution in [0.3, 0.4) is 0 Å². The predicted octanol–water partition coefficient (Wildman–Crippen LogP) is 4.01. The molecule has 4 rings (SSSR count). The molecule has 7 heteroatoms. The quantitative estimate of drug-likeness (QED) is 0.571. The normalized spacial score (nSPS) is 11.4. The highest BCUT2D eigenvalue weighted by atomic mass is 32.2. The molecule has 0 radical (unpaired) electrons. The van der Waals surface area contributed by atoms with Gasteiger partial charge >= 0.3 is 0 Å². The second kappa shape index (κ2) is 5.50. The molecule has 3 aromatic heterocycles. The second-order valence-corrected chi connectivity index (χ2v) is 7.02. The average molecular weight is 341 g/mol. The number of thioether (sulfide) groups is 1. The molecule has 0 saturated carbocycles. The zero-order valence-electron chi connectivity index (χ0n) is 13.0. The zero-order valence-corrected chi connectivity index (χ0v) is 14.6. The molecular weight excluding hydrogens is 326 g/mol. The van der Waals surface area contributed by atoms with Crippen LogP contribution in [0.15, 0.2) is 35.5 Å². The number of pyridine rings is 1. The highest BCUT2D eigenvalue weighted by Crippen LogP contribution is 2.35. The summed E-state index contributed by atoms with van der Waals surface area (Å²) in [7, 11) is 3.85. The van der Waals surface area contributed by atoms with E-state index in [-0.39, 0.29) is 0 Å². The van der Waals surface area contributed by atoms with E-state index in [9.17, 15) is 0 Å². The Morgan fingerprint density at radius 2 is 1.91 bits per heavy atom. The van der Waals surface area contributed by atoms with Crippen LogP contribution >= 0.6 is 23.1 Å². The molecule has 1 aromatic carbocycles. The SMILES string of the molecule is CNc1nc2sc(-c3ccc(SC)cc3)nc2c2c1ncn2C. The van der Waals surface area contributed by atoms with Gasteiger partial charge in [0.1, 0.15) is 26.4 Å². The monoisotopic (exact) mass is 341 g/mol. The fourth-order valence-corrected chi connectivity index (χ4v) is 3.97. The molecule has 0 amide bonds. The number of thiazole rings is 1. The summed E-state index contributed by atoms with van der Waals surface area (Å²) in [6.07, 6.45) is 3.88. The summed E-state index contributed by atoms with van der Waals surface area (Å²) in [6.45, 7) is 0. The molecule has 0 fully saturated rings. The first kappa shape index (κ1) is 14.5. The third kappa shape index (κ3) is 2.27. The lowest BCUT2D eigenvalue weighted by Gasteiger charge is -2.01. The second-order valence-electron chi connectivity index (χ2n) is 5.16. The van der Waals surface area contributed by atoms with Crippen LogP contribution in [0.5, 0.6) is 0 Å². The van der Waals surface area contributed by atoms with Crippen molar-refractivity contribution in [1.82, 2.24) is 19.5 Å². The van der Waals surface area contributed by atoms with E-state index in [4.69, 9.17) is 4.98 Å². The van der Waals surface area contributed by atoms with Crippen molar-refractivity contribution in [2.45, 2.75) is 4.90 Å². The number of nitrogens with zero attached hydrogens (tertiary/aromatic N) is 4. The Balaban J connectivity index is 1.96. The van der Waals surface area contributed by atoms with Crippen molar-refractivity contribution in [3.8, 4) is 10.6 Å². The highest BCUT2D eigenvalue weighted by Gasteiger charge is 2.16. The standard InChI is InChI=1S/C16H15N5S2/c1-17-14-11-13(21(2)8-18-11)12-16(20-14)23-15(19-12)9-4-6-10(22-3)7-5-9/h4-8H,1-3H3,(H,17,20). The minimum absolute atomic E-state index is 0.793. The van der Waals surface area contributed by atoms with Gasteiger partial charge in [-0.1, -0.05) is 23.5 Å². The highest BCUT2D eigenvalue weighted by molar-refractivity contribution is 7.98. The summed E-state index contributed by atoms with van der Waals surface area (Å²) in [5.74, 6) is 0.793. The molecular formula is C16H15N5S2. The number of rotatable bonds is 3. The molecule has 0 aliphatic carbocycles. The Morgan fingerprint density at radius 3 is 2.61 bits per heavy atom. The molecule has 0 aliphatic rings. The molecule has 5 nitrogen and oxygen atoms in total. The molecule has 3 heterocycles. The molecule has 0 aliphatic heterocycles. The first-order valence-electron chi connectivity index (χ1n) is 7.15. The van der Waals surface area contributed by atoms with Gasteiger partial charge in [-0.15, -0.1) is 11.8 Å². The number of benzene rings is 1. The van der Waals surface area contributed by atoms with Gasteiger partial charge in [-0.2, -0.15) is 0 Å². The number of fused-ring (bicyclic) bond motifs is 3. The van der Waals surface area contributed by atoms with Crippen LogP contribution in [-0.2, 0) is 7.05 Å². The average Bonchev–Trinajstić information content (AvgIpc) is 3.17. The summed E-state index contributed by atoms with van der Waals surface area (Å²) in [4.78, 5) is 16.1. The molecule has 0 bridgehead atoms. The number of nitrogens with one attached hydrogen (secondary N) is 1. The molecule has 0 atom stereocenters. The maximum atomic E-state index is 4.84. The summed E-state index contributed by atoms with van der Waals surface area (Å²) in [5, 5.41) is 4.11. The summed E-state index contributed by atoms with van der Waals surface area (Å²) < 4.78 is 2.00. The molecule has 0 saturated heterocycles. The van der Waals surface area contributed by atoms with Gasteiger partial charge in [0.25, 0.3) is 0 Å². The third-order valence-corrected chi connectivity index (χ3v) is 5.52. The largest absolute Gasteiger partial charge is 0.371 e. The van der Waals surface area contributed by atoms with Crippen molar-refractivity contribution in [3.63, 3.8) is 0 Å². The van der Waals surface area contributed by atoms with Crippen LogP contribution in [0, 0.1) is 0 Å². The minimum atomic E-state index is 0.793. The Morgan fingerprint density at radius 1 is 1.13 bits per heavy atom. The molecule has 0 unspecified atom stereocenters. The summed E-state index contributed by atoms with van der Waals surface area (Å²) in [5.41, 5.74) is 3.90. The van der Waals surface area contributed by atoms with Crippen molar-refractivity contribution < 1.29 is 0 Å². The van der Waals surface area contributed by atoms with Crippen molar-refractivity contribution in [3.05, 3.63) is 30.6 Å². The fraction of sp³-hybridized carbons (Fsp3) is 0.188. The Hall–Kier alpha value is -2.12. The maximum Gasteiger partial charge on any atom is 0.155 e. The van der Waals surface area contributed by atoms with Gasteiger partial charge in [-0.05, 0) is 18.4 Å². The third-order valence-electron chi connectivity index (χ3n) is 3.78. The minimum Gasteiger partial charge on any atom is -0.371 e. The van der Waals surface area contributed by atoms with Gasteiger partial charge in [0, 0.05) is 24.6 Å². The van der Waals surface area contributed by atoms with Crippen LogP contribution in [0.4, 0.5) is 5.82 Å². The maximum absolute atomic E-state index is 4.84. The van der Waals surface area contributed by atoms with Crippen molar-refractivity contribution in [2.24, 2.45) is 7.05 Å². The summed E-state index contributed by atoms with van der Waals surface area (Å²) >= 11 is 3.35. The van der Waals surface area contributed by atoms with Crippen LogP contribution in [0.2, 0.25) is 0 Å². The van der Waals surface area contributed by atoms with E-state index in [1.807, 2.05) is 18.7 Å². The number of hydrogen-bond acceptors (Lipinski definition) is 6. The number of aromatic nitrogens is 4. The fourth-order valence-electron chi connectivity index (χ4n) is 2.61. The first-order chi connectivity index (χ1) is 11.2. The zero-order chi connectivity index (χ0) is 16.0. The van der Waals surface area contributed by atoms with Gasteiger partial charge < -0.3 is 9.88 Å².